The number of methoxy groups -OCH3 is 1. The molecule has 2 aromatic carbocycles. The topological polar surface area (TPSA) is 117 Å². The summed E-state index contributed by atoms with van der Waals surface area (Å²) in [5.74, 6) is -0.276. The van der Waals surface area contributed by atoms with E-state index in [9.17, 15) is 9.59 Å². The molecule has 30 heavy (non-hydrogen) atoms. The number of ether oxygens (including phenoxy) is 3. The van der Waals surface area contributed by atoms with E-state index in [0.717, 1.165) is 5.69 Å². The Kier molecular flexibility index (Phi) is 6.72. The Balaban J connectivity index is 1.50. The van der Waals surface area contributed by atoms with E-state index in [-0.39, 0.29) is 12.6 Å². The third-order valence-electron chi connectivity index (χ3n) is 3.67. The van der Waals surface area contributed by atoms with Crippen LogP contribution in [0.15, 0.2) is 60.0 Å². The van der Waals surface area contributed by atoms with E-state index < -0.39 is 11.9 Å². The second kappa shape index (κ2) is 9.82. The van der Waals surface area contributed by atoms with Crippen molar-refractivity contribution in [3.05, 3.63) is 60.4 Å². The minimum absolute atomic E-state index is 0.0729. The van der Waals surface area contributed by atoms with Crippen LogP contribution in [0.3, 0.4) is 0 Å². The number of carbonyl (C=O) groups is 2. The Labute approximate surface area is 172 Å². The number of nitrogens with one attached hydrogen (secondary N) is 1. The summed E-state index contributed by atoms with van der Waals surface area (Å²) in [4.78, 5) is 27.0. The molecule has 0 aliphatic carbocycles. The number of hydrazone groups is 1. The molecule has 0 unspecified atom stereocenters. The van der Waals surface area contributed by atoms with Gasteiger partial charge in [-0.3, -0.25) is 9.59 Å². The van der Waals surface area contributed by atoms with Crippen LogP contribution in [0, 0.1) is 0 Å². The van der Waals surface area contributed by atoms with E-state index in [1.807, 2.05) is 30.3 Å². The number of amides is 1. The van der Waals surface area contributed by atoms with Gasteiger partial charge in [0.2, 0.25) is 0 Å². The number of carbonyl (C=O) groups excluding carboxylic acids is 2. The van der Waals surface area contributed by atoms with Crippen LogP contribution in [0.25, 0.3) is 5.69 Å². The molecular weight excluding hydrogens is 390 g/mol. The largest absolute Gasteiger partial charge is 0.493 e. The van der Waals surface area contributed by atoms with Crippen LogP contribution in [0.5, 0.6) is 17.5 Å². The molecule has 10 nitrogen and oxygen atoms in total. The predicted molar refractivity (Wildman–Crippen MR) is 107 cm³/mol. The second-order valence-corrected chi connectivity index (χ2v) is 5.89. The Morgan fingerprint density at radius 3 is 2.70 bits per heavy atom. The Morgan fingerprint density at radius 1 is 1.17 bits per heavy atom. The molecule has 0 saturated heterocycles. The normalized spacial score (nSPS) is 10.6. The van der Waals surface area contributed by atoms with Crippen molar-refractivity contribution in [1.29, 1.82) is 0 Å². The number of aromatic nitrogens is 3. The zero-order valence-corrected chi connectivity index (χ0v) is 16.3. The molecule has 0 saturated carbocycles. The Hall–Kier alpha value is -4.21. The quantitative estimate of drug-likeness (QED) is 0.261. The van der Waals surface area contributed by atoms with E-state index >= 15 is 0 Å². The van der Waals surface area contributed by atoms with Crippen LogP contribution < -0.4 is 19.6 Å². The molecule has 0 bridgehead atoms. The molecule has 3 rings (SSSR count). The van der Waals surface area contributed by atoms with Crippen molar-refractivity contribution in [3.8, 4) is 23.2 Å². The Bertz CT molecular complexity index is 1050. The van der Waals surface area contributed by atoms with E-state index in [0.29, 0.717) is 17.1 Å². The highest BCUT2D eigenvalue weighted by molar-refractivity contribution is 5.84. The molecule has 0 spiro atoms. The molecule has 0 atom stereocenters. The van der Waals surface area contributed by atoms with E-state index in [1.54, 1.807) is 18.2 Å². The van der Waals surface area contributed by atoms with E-state index in [1.165, 1.54) is 31.3 Å². The van der Waals surface area contributed by atoms with Gasteiger partial charge in [-0.2, -0.15) is 10.1 Å². The number of benzene rings is 2. The molecule has 1 aromatic heterocycles. The maximum absolute atomic E-state index is 11.9. The van der Waals surface area contributed by atoms with Gasteiger partial charge in [-0.1, -0.05) is 18.2 Å². The number of hydrogen-bond acceptors (Lipinski definition) is 8. The van der Waals surface area contributed by atoms with Crippen molar-refractivity contribution in [2.24, 2.45) is 5.10 Å². The molecule has 0 aliphatic rings. The number of nitrogens with zero attached hydrogens (tertiary/aromatic N) is 4. The van der Waals surface area contributed by atoms with E-state index in [4.69, 9.17) is 14.2 Å². The summed E-state index contributed by atoms with van der Waals surface area (Å²) in [5, 5.41) is 8.00. The lowest BCUT2D eigenvalue weighted by Gasteiger charge is -2.08. The summed E-state index contributed by atoms with van der Waals surface area (Å²) >= 11 is 0. The van der Waals surface area contributed by atoms with Crippen LogP contribution in [0.2, 0.25) is 0 Å². The maximum Gasteiger partial charge on any atom is 0.336 e. The fourth-order valence-corrected chi connectivity index (χ4v) is 2.36. The molecule has 1 heterocycles. The zero-order chi connectivity index (χ0) is 21.3. The molecule has 0 radical (unpaired) electrons. The van der Waals surface area contributed by atoms with Crippen LogP contribution >= 0.6 is 0 Å². The van der Waals surface area contributed by atoms with Gasteiger partial charge >= 0.3 is 12.0 Å². The molecule has 10 heteroatoms. The van der Waals surface area contributed by atoms with Gasteiger partial charge in [0.25, 0.3) is 5.91 Å². The smallest absolute Gasteiger partial charge is 0.336 e. The third-order valence-corrected chi connectivity index (χ3v) is 3.67. The van der Waals surface area contributed by atoms with Gasteiger partial charge < -0.3 is 14.2 Å². The monoisotopic (exact) mass is 409 g/mol. The molecule has 3 aromatic rings. The number of esters is 1. The summed E-state index contributed by atoms with van der Waals surface area (Å²) < 4.78 is 17.0. The zero-order valence-electron chi connectivity index (χ0n) is 16.3. The van der Waals surface area contributed by atoms with Gasteiger partial charge in [0.15, 0.2) is 18.1 Å². The fraction of sp³-hybridized carbons (Fsp3) is 0.150. The number of hydrogen-bond donors (Lipinski definition) is 1. The fourth-order valence-electron chi connectivity index (χ4n) is 2.36. The SMILES string of the molecule is COc1cc(C=NNC(=O)COc2ncn(-c3ccccc3)n2)ccc1OC(C)=O. The van der Waals surface area contributed by atoms with Gasteiger partial charge in [-0.15, -0.1) is 5.10 Å². The van der Waals surface area contributed by atoms with Crippen molar-refractivity contribution >= 4 is 18.1 Å². The second-order valence-electron chi connectivity index (χ2n) is 5.89. The summed E-state index contributed by atoms with van der Waals surface area (Å²) in [6.45, 7) is 0.999. The molecule has 0 fully saturated rings. The van der Waals surface area contributed by atoms with Crippen molar-refractivity contribution in [2.45, 2.75) is 6.92 Å². The summed E-state index contributed by atoms with van der Waals surface area (Å²) in [7, 11) is 1.45. The van der Waals surface area contributed by atoms with Gasteiger partial charge in [-0.05, 0) is 35.9 Å². The van der Waals surface area contributed by atoms with Gasteiger partial charge in [0.05, 0.1) is 19.0 Å². The first-order valence-corrected chi connectivity index (χ1v) is 8.83. The first-order valence-electron chi connectivity index (χ1n) is 8.83. The van der Waals surface area contributed by atoms with Crippen LogP contribution in [-0.2, 0) is 9.59 Å². The van der Waals surface area contributed by atoms with Crippen LogP contribution in [0.1, 0.15) is 12.5 Å². The minimum Gasteiger partial charge on any atom is -0.493 e. The van der Waals surface area contributed by atoms with E-state index in [2.05, 4.69) is 20.6 Å². The highest BCUT2D eigenvalue weighted by atomic mass is 16.6. The summed E-state index contributed by atoms with van der Waals surface area (Å²) in [6.07, 6.45) is 2.91. The van der Waals surface area contributed by atoms with Gasteiger partial charge in [0.1, 0.15) is 6.33 Å². The highest BCUT2D eigenvalue weighted by Crippen LogP contribution is 2.27. The van der Waals surface area contributed by atoms with Crippen molar-refractivity contribution in [3.63, 3.8) is 0 Å². The lowest BCUT2D eigenvalue weighted by Crippen LogP contribution is -2.24. The lowest BCUT2D eigenvalue weighted by molar-refractivity contribution is -0.132. The number of rotatable bonds is 8. The molecular formula is C20H19N5O5. The van der Waals surface area contributed by atoms with Crippen LogP contribution in [0.4, 0.5) is 0 Å². The standard InChI is InChI=1S/C20H19N5O5/c1-14(26)30-17-9-8-15(10-18(17)28-2)11-22-23-19(27)12-29-20-21-13-25(24-20)16-6-4-3-5-7-16/h3-11,13H,12H2,1-2H3,(H,23,27). The highest BCUT2D eigenvalue weighted by Gasteiger charge is 2.08. The lowest BCUT2D eigenvalue weighted by atomic mass is 10.2. The molecule has 1 N–H and O–H groups in total. The molecule has 0 aliphatic heterocycles. The van der Waals surface area contributed by atoms with Crippen molar-refractivity contribution in [2.75, 3.05) is 13.7 Å². The van der Waals surface area contributed by atoms with Crippen molar-refractivity contribution in [1.82, 2.24) is 20.2 Å². The average Bonchev–Trinajstić information content (AvgIpc) is 3.22. The minimum atomic E-state index is -0.481. The van der Waals surface area contributed by atoms with Gasteiger partial charge in [0, 0.05) is 6.92 Å². The average molecular weight is 409 g/mol. The maximum atomic E-state index is 11.9. The first-order chi connectivity index (χ1) is 14.5. The van der Waals surface area contributed by atoms with Gasteiger partial charge in [-0.25, -0.2) is 10.1 Å². The number of para-hydroxylation sites is 1. The molecule has 1 amide bonds. The predicted octanol–water partition coefficient (Wildman–Crippen LogP) is 1.73. The summed E-state index contributed by atoms with van der Waals surface area (Å²) in [5.41, 5.74) is 3.80. The first kappa shape index (κ1) is 20.5. The third kappa shape index (κ3) is 5.64. The summed E-state index contributed by atoms with van der Waals surface area (Å²) in [6, 6.07) is 14.3. The Morgan fingerprint density at radius 2 is 1.97 bits per heavy atom. The molecule has 154 valence electrons. The van der Waals surface area contributed by atoms with Crippen molar-refractivity contribution < 1.29 is 23.8 Å². The van der Waals surface area contributed by atoms with Crippen LogP contribution in [-0.4, -0.2) is 46.6 Å².